The predicted octanol–water partition coefficient (Wildman–Crippen LogP) is 1.28. The molecule has 0 amide bonds. The maximum Gasteiger partial charge on any atom is 0.254 e. The summed E-state index contributed by atoms with van der Waals surface area (Å²) in [5.74, 6) is -1.50. The topological polar surface area (TPSA) is 27.3 Å². The van der Waals surface area contributed by atoms with Gasteiger partial charge in [-0.2, -0.15) is 0 Å². The molecule has 0 aromatic heterocycles. The van der Waals surface area contributed by atoms with Gasteiger partial charge in [-0.1, -0.05) is 18.2 Å². The molecule has 3 nitrogen and oxygen atoms in total. The van der Waals surface area contributed by atoms with E-state index >= 15 is 0 Å². The molecule has 1 fully saturated rings. The Morgan fingerprint density at radius 1 is 1.25 bits per heavy atom. The molecule has 2 heterocycles. The lowest BCUT2D eigenvalue weighted by Crippen LogP contribution is -2.55. The number of hydrogen-bond donors (Lipinski definition) is 2. The van der Waals surface area contributed by atoms with E-state index in [4.69, 9.17) is 0 Å². The molecule has 1 saturated heterocycles. The van der Waals surface area contributed by atoms with Crippen LogP contribution < -0.4 is 10.0 Å². The van der Waals surface area contributed by atoms with Crippen LogP contribution in [0.4, 0.5) is 4.39 Å². The molecule has 1 unspecified atom stereocenters. The van der Waals surface area contributed by atoms with Gasteiger partial charge < -0.3 is 5.32 Å². The Bertz CT molecular complexity index is 395. The van der Waals surface area contributed by atoms with Gasteiger partial charge in [0.15, 0.2) is 0 Å². The number of nitrogens with zero attached hydrogens (tertiary/aromatic N) is 1. The van der Waals surface area contributed by atoms with Gasteiger partial charge in [-0.3, -0.25) is 4.90 Å². The van der Waals surface area contributed by atoms with Gasteiger partial charge in [0.1, 0.15) is 0 Å². The van der Waals surface area contributed by atoms with E-state index in [1.54, 1.807) is 0 Å². The molecule has 0 spiro atoms. The highest BCUT2D eigenvalue weighted by Gasteiger charge is 2.45. The Labute approximate surface area is 98.5 Å². The fraction of sp³-hybridized carbons (Fsp3) is 0.455. The molecule has 2 N–H and O–H groups in total. The van der Waals surface area contributed by atoms with Gasteiger partial charge in [-0.15, -0.1) is 0 Å². The number of halogens is 1. The second-order valence-electron chi connectivity index (χ2n) is 4.06. The van der Waals surface area contributed by atoms with Crippen LogP contribution in [-0.4, -0.2) is 31.1 Å². The van der Waals surface area contributed by atoms with Crippen LogP contribution in [0.15, 0.2) is 29.2 Å². The van der Waals surface area contributed by atoms with Gasteiger partial charge in [-0.25, -0.2) is 9.11 Å². The Hall–Kier alpha value is -0.620. The molecule has 1 aromatic carbocycles. The average Bonchev–Trinajstić information content (AvgIpc) is 2.71. The molecule has 1 aromatic rings. The molecule has 5 heteroatoms. The van der Waals surface area contributed by atoms with Gasteiger partial charge in [0.05, 0.1) is 0 Å². The third-order valence-corrected chi connectivity index (χ3v) is 4.04. The first-order chi connectivity index (χ1) is 7.81. The zero-order valence-corrected chi connectivity index (χ0v) is 9.69. The van der Waals surface area contributed by atoms with E-state index in [0.29, 0.717) is 0 Å². The summed E-state index contributed by atoms with van der Waals surface area (Å²) in [7, 11) is 0. The Morgan fingerprint density at radius 2 is 2.00 bits per heavy atom. The van der Waals surface area contributed by atoms with E-state index in [2.05, 4.69) is 10.0 Å². The highest BCUT2D eigenvalue weighted by Crippen LogP contribution is 2.42. The molecule has 2 aliphatic rings. The van der Waals surface area contributed by atoms with Gasteiger partial charge >= 0.3 is 0 Å². The molecular formula is C11H14FN3S. The fourth-order valence-electron chi connectivity index (χ4n) is 2.21. The molecule has 86 valence electrons. The van der Waals surface area contributed by atoms with Crippen LogP contribution in [0.1, 0.15) is 5.56 Å². The average molecular weight is 239 g/mol. The van der Waals surface area contributed by atoms with Crippen LogP contribution >= 0.6 is 11.9 Å². The zero-order valence-electron chi connectivity index (χ0n) is 8.87. The maximum atomic E-state index is 15.0. The number of piperazine rings is 1. The van der Waals surface area contributed by atoms with E-state index < -0.39 is 5.92 Å². The number of fused-ring (bicyclic) bond motifs is 1. The molecule has 2 aliphatic heterocycles. The lowest BCUT2D eigenvalue weighted by atomic mass is 10.1. The van der Waals surface area contributed by atoms with E-state index in [0.717, 1.165) is 36.6 Å². The largest absolute Gasteiger partial charge is 0.314 e. The van der Waals surface area contributed by atoms with Gasteiger partial charge in [-0.05, 0) is 18.0 Å². The van der Waals surface area contributed by atoms with Crippen LogP contribution in [0.5, 0.6) is 0 Å². The van der Waals surface area contributed by atoms with Crippen molar-refractivity contribution in [2.75, 3.05) is 26.2 Å². The predicted molar refractivity (Wildman–Crippen MR) is 62.7 cm³/mol. The number of nitrogens with one attached hydrogen (secondary N) is 2. The monoisotopic (exact) mass is 239 g/mol. The summed E-state index contributed by atoms with van der Waals surface area (Å²) in [6.45, 7) is 3.16. The minimum absolute atomic E-state index is 0.735. The smallest absolute Gasteiger partial charge is 0.254 e. The van der Waals surface area contributed by atoms with Crippen molar-refractivity contribution < 1.29 is 4.39 Å². The van der Waals surface area contributed by atoms with E-state index in [-0.39, 0.29) is 0 Å². The van der Waals surface area contributed by atoms with Gasteiger partial charge in [0.2, 0.25) is 0 Å². The van der Waals surface area contributed by atoms with Crippen molar-refractivity contribution in [1.29, 1.82) is 0 Å². The van der Waals surface area contributed by atoms with Gasteiger partial charge in [0.25, 0.3) is 5.92 Å². The summed E-state index contributed by atoms with van der Waals surface area (Å²) in [4.78, 5) is 2.85. The first-order valence-corrected chi connectivity index (χ1v) is 6.30. The molecule has 16 heavy (non-hydrogen) atoms. The normalized spacial score (nSPS) is 30.3. The van der Waals surface area contributed by atoms with Crippen molar-refractivity contribution in [1.82, 2.24) is 14.9 Å². The zero-order chi connectivity index (χ0) is 11.0. The Morgan fingerprint density at radius 3 is 2.81 bits per heavy atom. The summed E-state index contributed by atoms with van der Waals surface area (Å²) < 4.78 is 17.9. The maximum absolute atomic E-state index is 15.0. The Kier molecular flexibility index (Phi) is 2.63. The van der Waals surface area contributed by atoms with Gasteiger partial charge in [0, 0.05) is 36.6 Å². The van der Waals surface area contributed by atoms with Crippen LogP contribution in [0.25, 0.3) is 0 Å². The van der Waals surface area contributed by atoms with Crippen molar-refractivity contribution >= 4 is 11.9 Å². The van der Waals surface area contributed by atoms with Crippen LogP contribution in [0.3, 0.4) is 0 Å². The third kappa shape index (κ3) is 1.55. The molecule has 0 radical (unpaired) electrons. The van der Waals surface area contributed by atoms with Crippen LogP contribution in [-0.2, 0) is 5.92 Å². The van der Waals surface area contributed by atoms with Crippen molar-refractivity contribution in [2.24, 2.45) is 0 Å². The van der Waals surface area contributed by atoms with E-state index in [1.165, 1.54) is 11.9 Å². The third-order valence-electron chi connectivity index (χ3n) is 3.09. The number of rotatable bonds is 1. The number of alkyl halides is 1. The number of hydrogen-bond acceptors (Lipinski definition) is 4. The fourth-order valence-corrected chi connectivity index (χ4v) is 3.16. The highest BCUT2D eigenvalue weighted by molar-refractivity contribution is 7.97. The first-order valence-electron chi connectivity index (χ1n) is 5.49. The SMILES string of the molecule is FC1(N2CCNCC2)NSc2ccccc21. The van der Waals surface area contributed by atoms with Crippen LogP contribution in [0, 0.1) is 0 Å². The van der Waals surface area contributed by atoms with E-state index in [9.17, 15) is 4.39 Å². The summed E-state index contributed by atoms with van der Waals surface area (Å²) in [6, 6.07) is 7.65. The van der Waals surface area contributed by atoms with Crippen molar-refractivity contribution in [3.8, 4) is 0 Å². The minimum Gasteiger partial charge on any atom is -0.314 e. The second kappa shape index (κ2) is 4.00. The minimum atomic E-state index is -1.50. The second-order valence-corrected chi connectivity index (χ2v) is 4.91. The Balaban J connectivity index is 1.94. The summed E-state index contributed by atoms with van der Waals surface area (Å²) in [5, 5.41) is 3.24. The van der Waals surface area contributed by atoms with Crippen molar-refractivity contribution in [3.05, 3.63) is 29.8 Å². The lowest BCUT2D eigenvalue weighted by molar-refractivity contribution is -0.0538. The molecule has 0 aliphatic carbocycles. The molecular weight excluding hydrogens is 225 g/mol. The summed E-state index contributed by atoms with van der Waals surface area (Å²) in [6.07, 6.45) is 0. The van der Waals surface area contributed by atoms with Crippen molar-refractivity contribution in [3.63, 3.8) is 0 Å². The standard InChI is InChI=1S/C11H14FN3S/c12-11(15-7-5-13-6-8-15)9-3-1-2-4-10(9)16-14-11/h1-4,13-14H,5-8H2. The summed E-state index contributed by atoms with van der Waals surface area (Å²) in [5.41, 5.74) is 0.752. The van der Waals surface area contributed by atoms with Crippen molar-refractivity contribution in [2.45, 2.75) is 10.8 Å². The molecule has 1 atom stereocenters. The molecule has 3 rings (SSSR count). The summed E-state index contributed by atoms with van der Waals surface area (Å²) >= 11 is 1.38. The quantitative estimate of drug-likeness (QED) is 0.570. The van der Waals surface area contributed by atoms with Crippen LogP contribution in [0.2, 0.25) is 0 Å². The molecule has 0 saturated carbocycles. The first kappa shape index (κ1) is 10.5. The number of benzene rings is 1. The highest BCUT2D eigenvalue weighted by atomic mass is 32.2. The lowest BCUT2D eigenvalue weighted by Gasteiger charge is -2.37. The molecule has 0 bridgehead atoms. The van der Waals surface area contributed by atoms with E-state index in [1.807, 2.05) is 29.2 Å².